The van der Waals surface area contributed by atoms with Gasteiger partial charge in [0.15, 0.2) is 0 Å². The lowest BCUT2D eigenvalue weighted by Crippen LogP contribution is -2.31. The molecule has 0 spiro atoms. The van der Waals surface area contributed by atoms with Crippen LogP contribution < -0.4 is 5.32 Å². The molecule has 112 valence electrons. The lowest BCUT2D eigenvalue weighted by molar-refractivity contribution is 0.443. The van der Waals surface area contributed by atoms with Crippen LogP contribution in [-0.4, -0.2) is 6.04 Å². The molecule has 1 nitrogen and oxygen atoms in total. The normalized spacial score (nSPS) is 13.9. The highest BCUT2D eigenvalue weighted by Crippen LogP contribution is 2.19. The van der Waals surface area contributed by atoms with Gasteiger partial charge in [-0.25, -0.2) is 0 Å². The van der Waals surface area contributed by atoms with Crippen molar-refractivity contribution in [3.63, 3.8) is 0 Å². The Bertz CT molecular complexity index is 545. The number of rotatable bonds is 6. The molecule has 0 aliphatic rings. The van der Waals surface area contributed by atoms with Crippen molar-refractivity contribution >= 4 is 11.6 Å². The van der Waals surface area contributed by atoms with E-state index in [-0.39, 0.29) is 0 Å². The summed E-state index contributed by atoms with van der Waals surface area (Å²) in [6, 6.07) is 17.8. The highest BCUT2D eigenvalue weighted by Gasteiger charge is 2.12. The van der Waals surface area contributed by atoms with E-state index in [1.165, 1.54) is 16.7 Å². The highest BCUT2D eigenvalue weighted by molar-refractivity contribution is 6.30. The Morgan fingerprint density at radius 1 is 1.00 bits per heavy atom. The molecule has 0 saturated carbocycles. The maximum absolute atomic E-state index is 5.93. The maximum Gasteiger partial charge on any atom is 0.0406 e. The molecule has 1 N–H and O–H groups in total. The Kier molecular flexibility index (Phi) is 5.84. The van der Waals surface area contributed by atoms with Crippen LogP contribution in [0.25, 0.3) is 0 Å². The number of benzene rings is 2. The summed E-state index contributed by atoms with van der Waals surface area (Å²) in [5.74, 6) is 0. The van der Waals surface area contributed by atoms with Gasteiger partial charge in [-0.1, -0.05) is 60.5 Å². The third kappa shape index (κ3) is 4.87. The van der Waals surface area contributed by atoms with E-state index in [0.717, 1.165) is 17.9 Å². The molecule has 0 radical (unpaired) electrons. The molecular weight excluding hydrogens is 278 g/mol. The van der Waals surface area contributed by atoms with Gasteiger partial charge in [0.05, 0.1) is 0 Å². The molecule has 2 aromatic carbocycles. The van der Waals surface area contributed by atoms with E-state index in [9.17, 15) is 0 Å². The third-order valence-electron chi connectivity index (χ3n) is 3.83. The number of hydrogen-bond donors (Lipinski definition) is 1. The average Bonchev–Trinajstić information content (AvgIpc) is 2.48. The molecule has 2 unspecified atom stereocenters. The third-order valence-corrected chi connectivity index (χ3v) is 4.08. The maximum atomic E-state index is 5.93. The first-order valence-corrected chi connectivity index (χ1v) is 8.03. The second-order valence-corrected chi connectivity index (χ2v) is 6.21. The van der Waals surface area contributed by atoms with Gasteiger partial charge in [0, 0.05) is 17.1 Å². The van der Waals surface area contributed by atoms with Crippen LogP contribution in [0.1, 0.15) is 43.0 Å². The first-order chi connectivity index (χ1) is 10.1. The molecule has 0 amide bonds. The van der Waals surface area contributed by atoms with Crippen LogP contribution in [0, 0.1) is 6.92 Å². The minimum atomic E-state index is 0.410. The summed E-state index contributed by atoms with van der Waals surface area (Å²) in [5.41, 5.74) is 3.99. The van der Waals surface area contributed by atoms with Gasteiger partial charge in [-0.2, -0.15) is 0 Å². The Morgan fingerprint density at radius 3 is 2.19 bits per heavy atom. The number of nitrogens with one attached hydrogen (secondary N) is 1. The topological polar surface area (TPSA) is 12.0 Å². The predicted molar refractivity (Wildman–Crippen MR) is 92.0 cm³/mol. The molecule has 0 saturated heterocycles. The average molecular weight is 302 g/mol. The standard InChI is InChI=1S/C19H24ClN/c1-4-19(17-9-5-14(2)6-10-17)21-15(3)13-16-7-11-18(20)12-8-16/h5-12,15,19,21H,4,13H2,1-3H3. The van der Waals surface area contributed by atoms with Crippen molar-refractivity contribution in [3.05, 3.63) is 70.2 Å². The predicted octanol–water partition coefficient (Wildman–Crippen LogP) is 5.32. The first-order valence-electron chi connectivity index (χ1n) is 7.65. The van der Waals surface area contributed by atoms with E-state index in [2.05, 4.69) is 62.5 Å². The van der Waals surface area contributed by atoms with E-state index in [1.54, 1.807) is 0 Å². The van der Waals surface area contributed by atoms with E-state index >= 15 is 0 Å². The largest absolute Gasteiger partial charge is 0.307 e. The summed E-state index contributed by atoms with van der Waals surface area (Å²) >= 11 is 5.93. The van der Waals surface area contributed by atoms with E-state index in [4.69, 9.17) is 11.6 Å². The minimum absolute atomic E-state index is 0.410. The molecular formula is C19H24ClN. The van der Waals surface area contributed by atoms with Gasteiger partial charge in [0.1, 0.15) is 0 Å². The van der Waals surface area contributed by atoms with E-state index in [1.807, 2.05) is 12.1 Å². The number of hydrogen-bond acceptors (Lipinski definition) is 1. The van der Waals surface area contributed by atoms with Crippen molar-refractivity contribution < 1.29 is 0 Å². The minimum Gasteiger partial charge on any atom is -0.307 e. The van der Waals surface area contributed by atoms with Crippen molar-refractivity contribution in [2.24, 2.45) is 0 Å². The molecule has 2 rings (SSSR count). The summed E-state index contributed by atoms with van der Waals surface area (Å²) in [7, 11) is 0. The van der Waals surface area contributed by atoms with Crippen LogP contribution in [0.4, 0.5) is 0 Å². The van der Waals surface area contributed by atoms with Crippen LogP contribution in [0.5, 0.6) is 0 Å². The summed E-state index contributed by atoms with van der Waals surface area (Å²) < 4.78 is 0. The van der Waals surface area contributed by atoms with Gasteiger partial charge < -0.3 is 5.32 Å². The molecule has 0 aliphatic carbocycles. The highest BCUT2D eigenvalue weighted by atomic mass is 35.5. The quantitative estimate of drug-likeness (QED) is 0.761. The molecule has 0 aliphatic heterocycles. The molecule has 2 atom stereocenters. The van der Waals surface area contributed by atoms with Gasteiger partial charge in [-0.3, -0.25) is 0 Å². The molecule has 0 bridgehead atoms. The first kappa shape index (κ1) is 16.1. The van der Waals surface area contributed by atoms with Gasteiger partial charge in [0.2, 0.25) is 0 Å². The zero-order valence-corrected chi connectivity index (χ0v) is 13.8. The monoisotopic (exact) mass is 301 g/mol. The van der Waals surface area contributed by atoms with Gasteiger partial charge in [-0.05, 0) is 49.9 Å². The van der Waals surface area contributed by atoms with Gasteiger partial charge in [-0.15, -0.1) is 0 Å². The fourth-order valence-corrected chi connectivity index (χ4v) is 2.75. The SMILES string of the molecule is CCC(NC(C)Cc1ccc(Cl)cc1)c1ccc(C)cc1. The van der Waals surface area contributed by atoms with Gasteiger partial charge in [0.25, 0.3) is 0 Å². The zero-order chi connectivity index (χ0) is 15.2. The molecule has 0 aromatic heterocycles. The Labute approximate surface area is 133 Å². The molecule has 21 heavy (non-hydrogen) atoms. The lowest BCUT2D eigenvalue weighted by Gasteiger charge is -2.23. The van der Waals surface area contributed by atoms with Crippen LogP contribution in [0.15, 0.2) is 48.5 Å². The summed E-state index contributed by atoms with van der Waals surface area (Å²) in [4.78, 5) is 0. The summed E-state index contributed by atoms with van der Waals surface area (Å²) in [6.45, 7) is 6.60. The van der Waals surface area contributed by atoms with Crippen molar-refractivity contribution in [3.8, 4) is 0 Å². The smallest absolute Gasteiger partial charge is 0.0406 e. The van der Waals surface area contributed by atoms with Crippen molar-refractivity contribution in [2.45, 2.75) is 45.7 Å². The number of aryl methyl sites for hydroxylation is 1. The Hall–Kier alpha value is -1.31. The second-order valence-electron chi connectivity index (χ2n) is 5.77. The Morgan fingerprint density at radius 2 is 1.62 bits per heavy atom. The molecule has 0 heterocycles. The molecule has 2 aromatic rings. The summed E-state index contributed by atoms with van der Waals surface area (Å²) in [6.07, 6.45) is 2.10. The van der Waals surface area contributed by atoms with Crippen LogP contribution in [0.3, 0.4) is 0 Å². The van der Waals surface area contributed by atoms with Crippen LogP contribution >= 0.6 is 11.6 Å². The van der Waals surface area contributed by atoms with Crippen molar-refractivity contribution in [1.82, 2.24) is 5.32 Å². The van der Waals surface area contributed by atoms with Crippen molar-refractivity contribution in [1.29, 1.82) is 0 Å². The molecule has 2 heteroatoms. The summed E-state index contributed by atoms with van der Waals surface area (Å²) in [5, 5.41) is 4.53. The van der Waals surface area contributed by atoms with Crippen molar-refractivity contribution in [2.75, 3.05) is 0 Å². The van der Waals surface area contributed by atoms with E-state index < -0.39 is 0 Å². The zero-order valence-electron chi connectivity index (χ0n) is 13.1. The second kappa shape index (κ2) is 7.63. The fourth-order valence-electron chi connectivity index (χ4n) is 2.62. The Balaban J connectivity index is 1.97. The van der Waals surface area contributed by atoms with Crippen LogP contribution in [-0.2, 0) is 6.42 Å². The van der Waals surface area contributed by atoms with Crippen LogP contribution in [0.2, 0.25) is 5.02 Å². The number of halogens is 1. The fraction of sp³-hybridized carbons (Fsp3) is 0.368. The lowest BCUT2D eigenvalue weighted by atomic mass is 10.0. The van der Waals surface area contributed by atoms with Gasteiger partial charge >= 0.3 is 0 Å². The van der Waals surface area contributed by atoms with E-state index in [0.29, 0.717) is 12.1 Å². The molecule has 0 fully saturated rings.